The van der Waals surface area contributed by atoms with Crippen LogP contribution in [0.3, 0.4) is 0 Å². The molecule has 0 radical (unpaired) electrons. The van der Waals surface area contributed by atoms with Crippen molar-refractivity contribution in [2.75, 3.05) is 0 Å². The molecule has 0 aliphatic carbocycles. The molecule has 0 bridgehead atoms. The van der Waals surface area contributed by atoms with Crippen LogP contribution >= 0.6 is 46.4 Å². The maximum Gasteiger partial charge on any atom is 0.242 e. The molecular formula is C16H16Cl4N2O7S2. The van der Waals surface area contributed by atoms with E-state index >= 15 is 0 Å². The molecule has 2 atom stereocenters. The normalized spacial score (nSPS) is 14.6. The molecular weight excluding hydrogens is 538 g/mol. The molecule has 0 saturated carbocycles. The van der Waals surface area contributed by atoms with Gasteiger partial charge < -0.3 is 14.9 Å². The molecule has 0 amide bonds. The van der Waals surface area contributed by atoms with Gasteiger partial charge in [0.15, 0.2) is 0 Å². The lowest BCUT2D eigenvalue weighted by Crippen LogP contribution is -2.38. The van der Waals surface area contributed by atoms with Crippen molar-refractivity contribution in [3.8, 4) is 11.5 Å². The summed E-state index contributed by atoms with van der Waals surface area (Å²) in [5.41, 5.74) is 0. The Morgan fingerprint density at radius 1 is 0.645 bits per heavy atom. The second kappa shape index (κ2) is 10.8. The van der Waals surface area contributed by atoms with E-state index in [1.807, 2.05) is 9.44 Å². The van der Waals surface area contributed by atoms with Crippen LogP contribution in [-0.4, -0.2) is 49.2 Å². The van der Waals surface area contributed by atoms with Crippen LogP contribution in [-0.2, 0) is 20.0 Å². The van der Waals surface area contributed by atoms with Crippen molar-refractivity contribution in [1.29, 1.82) is 0 Å². The number of sulfonamides is 2. The fourth-order valence-electron chi connectivity index (χ4n) is 2.07. The number of aliphatic hydroxyl groups excluding tert-OH is 2. The first-order chi connectivity index (χ1) is 14.3. The molecule has 0 aliphatic heterocycles. The van der Waals surface area contributed by atoms with E-state index in [0.29, 0.717) is 0 Å². The molecule has 2 rings (SSSR count). The van der Waals surface area contributed by atoms with Crippen LogP contribution in [0.1, 0.15) is 0 Å². The van der Waals surface area contributed by atoms with Crippen LogP contribution in [0.4, 0.5) is 0 Å². The maximum atomic E-state index is 12.1. The number of rotatable bonds is 10. The van der Waals surface area contributed by atoms with Crippen LogP contribution in [0.15, 0.2) is 58.3 Å². The molecule has 0 aliphatic rings. The molecule has 0 saturated heterocycles. The summed E-state index contributed by atoms with van der Waals surface area (Å²) in [6.07, 6.45) is -3.37. The second-order valence-electron chi connectivity index (χ2n) is 5.85. The first-order valence-corrected chi connectivity index (χ1v) is 12.9. The molecule has 0 heterocycles. The van der Waals surface area contributed by atoms with Gasteiger partial charge in [-0.3, -0.25) is 0 Å². The minimum atomic E-state index is -4.07. The quantitative estimate of drug-likeness (QED) is 0.261. The van der Waals surface area contributed by atoms with Crippen LogP contribution in [0, 0.1) is 0 Å². The van der Waals surface area contributed by atoms with Crippen molar-refractivity contribution in [3.63, 3.8) is 0 Å². The molecule has 9 nitrogen and oxygen atoms in total. The lowest BCUT2D eigenvalue weighted by atomic mass is 10.3. The van der Waals surface area contributed by atoms with Crippen LogP contribution in [0.25, 0.3) is 0 Å². The van der Waals surface area contributed by atoms with Gasteiger partial charge >= 0.3 is 0 Å². The average Bonchev–Trinajstić information content (AvgIpc) is 2.68. The van der Waals surface area contributed by atoms with Gasteiger partial charge in [0.25, 0.3) is 0 Å². The topological polar surface area (TPSA) is 142 Å². The van der Waals surface area contributed by atoms with Crippen molar-refractivity contribution < 1.29 is 31.8 Å². The lowest BCUT2D eigenvalue weighted by Gasteiger charge is -2.14. The minimum Gasteiger partial charge on any atom is -0.457 e. The standard InChI is InChI=1S/C16H16Cl4N2O7S2/c17-13(18)15(23)21-30(25,26)11-5-1-9(2-6-11)29-10-3-7-12(8-4-10)31(27,28)22-16(24)14(19)20/h1-8,13-16,21-24H. The maximum absolute atomic E-state index is 12.1. The van der Waals surface area contributed by atoms with Gasteiger partial charge in [-0.05, 0) is 48.5 Å². The fourth-order valence-corrected chi connectivity index (χ4v) is 4.79. The number of ether oxygens (including phenoxy) is 1. The Hall–Kier alpha value is -0.860. The van der Waals surface area contributed by atoms with Crippen LogP contribution < -0.4 is 14.2 Å². The Kier molecular flexibility index (Phi) is 9.23. The molecule has 2 unspecified atom stereocenters. The van der Waals surface area contributed by atoms with E-state index in [-0.39, 0.29) is 21.3 Å². The summed E-state index contributed by atoms with van der Waals surface area (Å²) >= 11 is 21.7. The van der Waals surface area contributed by atoms with Gasteiger partial charge in [-0.15, -0.1) is 46.4 Å². The summed E-state index contributed by atoms with van der Waals surface area (Å²) in [4.78, 5) is -3.05. The summed E-state index contributed by atoms with van der Waals surface area (Å²) in [6.45, 7) is 0. The minimum absolute atomic E-state index is 0.171. The number of benzene rings is 2. The highest BCUT2D eigenvalue weighted by molar-refractivity contribution is 7.89. The van der Waals surface area contributed by atoms with E-state index in [2.05, 4.69) is 0 Å². The molecule has 2 aromatic rings. The third kappa shape index (κ3) is 7.60. The summed E-state index contributed by atoms with van der Waals surface area (Å²) in [5, 5.41) is 18.9. The van der Waals surface area contributed by atoms with Gasteiger partial charge in [0.2, 0.25) is 20.0 Å². The zero-order valence-corrected chi connectivity index (χ0v) is 19.8. The molecule has 31 heavy (non-hydrogen) atoms. The highest BCUT2D eigenvalue weighted by Crippen LogP contribution is 2.25. The number of hydrogen-bond donors (Lipinski definition) is 4. The highest BCUT2D eigenvalue weighted by atomic mass is 35.5. The summed E-state index contributed by atoms with van der Waals surface area (Å²) in [6, 6.07) is 10.3. The molecule has 2 aromatic carbocycles. The predicted molar refractivity (Wildman–Crippen MR) is 117 cm³/mol. The number of hydrogen-bond acceptors (Lipinski definition) is 7. The highest BCUT2D eigenvalue weighted by Gasteiger charge is 2.24. The van der Waals surface area contributed by atoms with E-state index in [9.17, 15) is 27.0 Å². The predicted octanol–water partition coefficient (Wildman–Crippen LogP) is 2.28. The van der Waals surface area contributed by atoms with Crippen molar-refractivity contribution >= 4 is 66.5 Å². The summed E-state index contributed by atoms with van der Waals surface area (Å²) in [7, 11) is -8.14. The average molecular weight is 554 g/mol. The van der Waals surface area contributed by atoms with Crippen molar-refractivity contribution in [2.24, 2.45) is 0 Å². The Morgan fingerprint density at radius 3 is 1.19 bits per heavy atom. The molecule has 0 aromatic heterocycles. The summed E-state index contributed by atoms with van der Waals surface area (Å²) < 4.78 is 57.9. The smallest absolute Gasteiger partial charge is 0.242 e. The Labute approximate surface area is 198 Å². The third-order valence-electron chi connectivity index (χ3n) is 3.53. The van der Waals surface area contributed by atoms with Crippen molar-refractivity contribution in [2.45, 2.75) is 31.9 Å². The van der Waals surface area contributed by atoms with E-state index in [1.165, 1.54) is 48.5 Å². The zero-order valence-electron chi connectivity index (χ0n) is 15.2. The summed E-state index contributed by atoms with van der Waals surface area (Å²) in [5.74, 6) is 0.506. The van der Waals surface area contributed by atoms with Crippen LogP contribution in [0.5, 0.6) is 11.5 Å². The first kappa shape index (κ1) is 26.4. The Balaban J connectivity index is 2.09. The molecule has 172 valence electrons. The van der Waals surface area contributed by atoms with E-state index in [1.54, 1.807) is 0 Å². The Morgan fingerprint density at radius 2 is 0.935 bits per heavy atom. The fraction of sp³-hybridized carbons (Fsp3) is 0.250. The largest absolute Gasteiger partial charge is 0.457 e. The van der Waals surface area contributed by atoms with Crippen molar-refractivity contribution in [1.82, 2.24) is 9.44 Å². The first-order valence-electron chi connectivity index (χ1n) is 8.17. The molecule has 0 fully saturated rings. The number of alkyl halides is 4. The number of halogens is 4. The monoisotopic (exact) mass is 552 g/mol. The van der Waals surface area contributed by atoms with Gasteiger partial charge in [-0.25, -0.2) is 16.8 Å². The van der Waals surface area contributed by atoms with E-state index in [0.717, 1.165) is 0 Å². The van der Waals surface area contributed by atoms with E-state index < -0.39 is 42.2 Å². The van der Waals surface area contributed by atoms with Gasteiger partial charge in [0.05, 0.1) is 9.79 Å². The van der Waals surface area contributed by atoms with Gasteiger partial charge in [-0.1, -0.05) is 0 Å². The molecule has 15 heteroatoms. The SMILES string of the molecule is O=S(=O)(NC(O)C(Cl)Cl)c1ccc(Oc2ccc(S(=O)(=O)NC(O)C(Cl)Cl)cc2)cc1. The zero-order chi connectivity index (χ0) is 23.4. The number of aliphatic hydroxyl groups is 2. The number of nitrogens with one attached hydrogen (secondary N) is 2. The van der Waals surface area contributed by atoms with Gasteiger partial charge in [-0.2, -0.15) is 9.44 Å². The lowest BCUT2D eigenvalue weighted by molar-refractivity contribution is 0.177. The third-order valence-corrected chi connectivity index (χ3v) is 7.38. The van der Waals surface area contributed by atoms with Crippen molar-refractivity contribution in [3.05, 3.63) is 48.5 Å². The van der Waals surface area contributed by atoms with E-state index in [4.69, 9.17) is 51.1 Å². The second-order valence-corrected chi connectivity index (χ2v) is 11.6. The van der Waals surface area contributed by atoms with Gasteiger partial charge in [0.1, 0.15) is 33.6 Å². The van der Waals surface area contributed by atoms with Crippen LogP contribution in [0.2, 0.25) is 0 Å². The molecule has 0 spiro atoms. The molecule has 4 N–H and O–H groups in total. The Bertz CT molecular complexity index is 992. The van der Waals surface area contributed by atoms with Gasteiger partial charge in [0, 0.05) is 0 Å².